The van der Waals surface area contributed by atoms with E-state index in [0.717, 1.165) is 34.2 Å². The highest BCUT2D eigenvalue weighted by molar-refractivity contribution is 7.89. The molecule has 0 aromatic carbocycles. The van der Waals surface area contributed by atoms with Crippen LogP contribution in [-0.4, -0.2) is 59.1 Å². The first-order valence-electron chi connectivity index (χ1n) is 6.29. The Morgan fingerprint density at radius 2 is 2.19 bits per heavy atom. The Morgan fingerprint density at radius 1 is 1.52 bits per heavy atom. The van der Waals surface area contributed by atoms with Crippen molar-refractivity contribution in [3.05, 3.63) is 12.4 Å². The molecule has 0 unspecified atom stereocenters. The van der Waals surface area contributed by atoms with Gasteiger partial charge in [0, 0.05) is 19.3 Å². The second-order valence-corrected chi connectivity index (χ2v) is 6.92. The number of nitrogens with zero attached hydrogens (tertiary/aromatic N) is 3. The van der Waals surface area contributed by atoms with Crippen molar-refractivity contribution in [3.8, 4) is 0 Å². The molecule has 1 saturated carbocycles. The van der Waals surface area contributed by atoms with Crippen molar-refractivity contribution in [2.24, 2.45) is 0 Å². The number of carboxylic acid groups (broad SMARTS) is 1. The summed E-state index contributed by atoms with van der Waals surface area (Å²) < 4.78 is 26.3. The third kappa shape index (κ3) is 4.02. The zero-order valence-electron chi connectivity index (χ0n) is 11.4. The van der Waals surface area contributed by atoms with Gasteiger partial charge in [0.1, 0.15) is 11.4 Å². The smallest absolute Gasteiger partial charge is 0.325 e. The molecule has 1 aromatic rings. The zero-order valence-corrected chi connectivity index (χ0v) is 12.2. The van der Waals surface area contributed by atoms with Crippen molar-refractivity contribution in [2.45, 2.75) is 30.3 Å². The molecular weight excluding hydrogens is 300 g/mol. The standard InChI is InChI=1S/C11H16N4O5S/c1-14(6-10(16)13-8-2-3-8)21(19,20)9-4-12-15(5-9)7-11(17)18/h4-5,8H,2-3,6-7H2,1H3,(H,13,16)(H,17,18). The molecule has 1 fully saturated rings. The minimum atomic E-state index is -3.87. The van der Waals surface area contributed by atoms with E-state index in [9.17, 15) is 18.0 Å². The van der Waals surface area contributed by atoms with Crippen molar-refractivity contribution in [2.75, 3.05) is 13.6 Å². The summed E-state index contributed by atoms with van der Waals surface area (Å²) >= 11 is 0. The maximum Gasteiger partial charge on any atom is 0.325 e. The summed E-state index contributed by atoms with van der Waals surface area (Å²) in [6.07, 6.45) is 4.03. The van der Waals surface area contributed by atoms with Gasteiger partial charge in [0.15, 0.2) is 0 Å². The van der Waals surface area contributed by atoms with E-state index < -0.39 is 22.5 Å². The fourth-order valence-electron chi connectivity index (χ4n) is 1.67. The van der Waals surface area contributed by atoms with Crippen molar-refractivity contribution in [1.82, 2.24) is 19.4 Å². The molecule has 10 heteroatoms. The molecule has 0 saturated heterocycles. The molecule has 0 atom stereocenters. The Labute approximate surface area is 121 Å². The molecule has 116 valence electrons. The van der Waals surface area contributed by atoms with Crippen molar-refractivity contribution >= 4 is 21.9 Å². The molecule has 1 aromatic heterocycles. The number of carbonyl (C=O) groups excluding carboxylic acids is 1. The third-order valence-electron chi connectivity index (χ3n) is 2.92. The Bertz CT molecular complexity index is 649. The number of rotatable bonds is 7. The molecule has 0 bridgehead atoms. The quantitative estimate of drug-likeness (QED) is 0.656. The van der Waals surface area contributed by atoms with Crippen LogP contribution in [0.15, 0.2) is 17.3 Å². The van der Waals surface area contributed by atoms with E-state index in [2.05, 4.69) is 10.4 Å². The Morgan fingerprint density at radius 3 is 2.76 bits per heavy atom. The summed E-state index contributed by atoms with van der Waals surface area (Å²) in [6.45, 7) is -0.718. The summed E-state index contributed by atoms with van der Waals surface area (Å²) in [5, 5.41) is 15.0. The van der Waals surface area contributed by atoms with E-state index in [-0.39, 0.29) is 23.4 Å². The molecule has 2 N–H and O–H groups in total. The van der Waals surface area contributed by atoms with Crippen LogP contribution in [0.1, 0.15) is 12.8 Å². The number of hydrogen-bond donors (Lipinski definition) is 2. The molecule has 2 rings (SSSR count). The first-order valence-corrected chi connectivity index (χ1v) is 7.73. The summed E-state index contributed by atoms with van der Waals surface area (Å²) in [7, 11) is -2.58. The minimum Gasteiger partial charge on any atom is -0.480 e. The van der Waals surface area contributed by atoms with Crippen LogP contribution in [0.3, 0.4) is 0 Å². The van der Waals surface area contributed by atoms with Gasteiger partial charge in [-0.2, -0.15) is 9.40 Å². The molecule has 0 aliphatic heterocycles. The number of carbonyl (C=O) groups is 2. The summed E-state index contributed by atoms with van der Waals surface area (Å²) in [5.74, 6) is -1.49. The number of aliphatic carboxylic acids is 1. The largest absolute Gasteiger partial charge is 0.480 e. The molecule has 0 spiro atoms. The highest BCUT2D eigenvalue weighted by Gasteiger charge is 2.28. The van der Waals surface area contributed by atoms with E-state index in [1.165, 1.54) is 7.05 Å². The lowest BCUT2D eigenvalue weighted by molar-refractivity contribution is -0.137. The van der Waals surface area contributed by atoms with Crippen LogP contribution in [0.5, 0.6) is 0 Å². The van der Waals surface area contributed by atoms with Gasteiger partial charge in [-0.3, -0.25) is 14.3 Å². The lowest BCUT2D eigenvalue weighted by Crippen LogP contribution is -2.39. The zero-order chi connectivity index (χ0) is 15.6. The molecule has 1 aliphatic carbocycles. The van der Waals surface area contributed by atoms with Gasteiger partial charge in [0.05, 0.1) is 12.7 Å². The minimum absolute atomic E-state index is 0.148. The van der Waals surface area contributed by atoms with Crippen LogP contribution < -0.4 is 5.32 Å². The maximum atomic E-state index is 12.2. The molecule has 21 heavy (non-hydrogen) atoms. The second kappa shape index (κ2) is 5.82. The van der Waals surface area contributed by atoms with Crippen molar-refractivity contribution in [1.29, 1.82) is 0 Å². The number of amides is 1. The van der Waals surface area contributed by atoms with E-state index >= 15 is 0 Å². The first-order chi connectivity index (χ1) is 9.79. The fourth-order valence-corrected chi connectivity index (χ4v) is 2.75. The summed E-state index contributed by atoms with van der Waals surface area (Å²) in [5.41, 5.74) is 0. The van der Waals surface area contributed by atoms with Crippen LogP contribution in [0, 0.1) is 0 Å². The van der Waals surface area contributed by atoms with Gasteiger partial charge in [0.25, 0.3) is 0 Å². The molecule has 1 aliphatic rings. The average Bonchev–Trinajstić information content (AvgIpc) is 3.04. The van der Waals surface area contributed by atoms with Crippen molar-refractivity contribution in [3.63, 3.8) is 0 Å². The van der Waals surface area contributed by atoms with Crippen LogP contribution in [0.2, 0.25) is 0 Å². The fraction of sp³-hybridized carbons (Fsp3) is 0.545. The van der Waals surface area contributed by atoms with Crippen LogP contribution >= 0.6 is 0 Å². The molecular formula is C11H16N4O5S. The van der Waals surface area contributed by atoms with E-state index in [4.69, 9.17) is 5.11 Å². The lowest BCUT2D eigenvalue weighted by Gasteiger charge is -2.15. The van der Waals surface area contributed by atoms with E-state index in [1.807, 2.05) is 0 Å². The number of nitrogens with one attached hydrogen (secondary N) is 1. The van der Waals surface area contributed by atoms with Gasteiger partial charge in [-0.25, -0.2) is 8.42 Å². The van der Waals surface area contributed by atoms with E-state index in [0.29, 0.717) is 0 Å². The summed E-state index contributed by atoms with van der Waals surface area (Å²) in [6, 6.07) is 0.159. The highest BCUT2D eigenvalue weighted by Crippen LogP contribution is 2.19. The molecule has 1 heterocycles. The number of aromatic nitrogens is 2. The van der Waals surface area contributed by atoms with Crippen LogP contribution in [0.4, 0.5) is 0 Å². The average molecular weight is 316 g/mol. The molecule has 1 amide bonds. The van der Waals surface area contributed by atoms with Gasteiger partial charge >= 0.3 is 5.97 Å². The summed E-state index contributed by atoms with van der Waals surface area (Å²) in [4.78, 5) is 22.0. The first kappa shape index (κ1) is 15.4. The topological polar surface area (TPSA) is 122 Å². The number of sulfonamides is 1. The van der Waals surface area contributed by atoms with Crippen molar-refractivity contribution < 1.29 is 23.1 Å². The predicted molar refractivity (Wildman–Crippen MR) is 70.8 cm³/mol. The number of likely N-dealkylation sites (N-methyl/N-ethyl adjacent to an activating group) is 1. The van der Waals surface area contributed by atoms with Gasteiger partial charge < -0.3 is 10.4 Å². The Hall–Kier alpha value is -1.94. The highest BCUT2D eigenvalue weighted by atomic mass is 32.2. The molecule has 9 nitrogen and oxygen atoms in total. The molecule has 0 radical (unpaired) electrons. The second-order valence-electron chi connectivity index (χ2n) is 4.87. The lowest BCUT2D eigenvalue weighted by atomic mass is 10.5. The maximum absolute atomic E-state index is 12.2. The van der Waals surface area contributed by atoms with Gasteiger partial charge in [0.2, 0.25) is 15.9 Å². The van der Waals surface area contributed by atoms with Gasteiger partial charge in [-0.1, -0.05) is 0 Å². The monoisotopic (exact) mass is 316 g/mol. The van der Waals surface area contributed by atoms with Gasteiger partial charge in [-0.15, -0.1) is 0 Å². The number of carboxylic acids is 1. The SMILES string of the molecule is CN(CC(=O)NC1CC1)S(=O)(=O)c1cnn(CC(=O)O)c1. The Kier molecular flexibility index (Phi) is 4.28. The van der Waals surface area contributed by atoms with Crippen LogP contribution in [0.25, 0.3) is 0 Å². The van der Waals surface area contributed by atoms with E-state index in [1.54, 1.807) is 0 Å². The third-order valence-corrected chi connectivity index (χ3v) is 4.68. The van der Waals surface area contributed by atoms with Crippen LogP contribution in [-0.2, 0) is 26.2 Å². The number of hydrogen-bond acceptors (Lipinski definition) is 5. The predicted octanol–water partition coefficient (Wildman–Crippen LogP) is -1.13. The Balaban J connectivity index is 2.03. The normalized spacial score (nSPS) is 15.1. The van der Waals surface area contributed by atoms with Gasteiger partial charge in [-0.05, 0) is 12.8 Å².